The van der Waals surface area contributed by atoms with Gasteiger partial charge in [-0.2, -0.15) is 0 Å². The van der Waals surface area contributed by atoms with Gasteiger partial charge in [-0.15, -0.1) is 22.7 Å². The molecule has 0 spiro atoms. The van der Waals surface area contributed by atoms with Crippen molar-refractivity contribution in [1.82, 2.24) is 4.98 Å². The maximum Gasteiger partial charge on any atom is 0.0712 e. The lowest BCUT2D eigenvalue weighted by atomic mass is 9.89. The number of thiophene rings is 2. The highest BCUT2D eigenvalue weighted by atomic mass is 32.1. The van der Waals surface area contributed by atoms with E-state index in [1.807, 2.05) is 59.9 Å². The van der Waals surface area contributed by atoms with E-state index in [4.69, 9.17) is 10.7 Å². The lowest BCUT2D eigenvalue weighted by molar-refractivity contribution is 0.517. The standard InChI is InChI=1S/C35H30N2.C13H16S2/c1-3-4-15-30(28-11-7-5-8-12-28)32-23-26(18-20-34(32)36)16-17-27-19-21-35-33(24-27)31(22-25(2)37-35)29-13-9-6-10-14-29;1-4-13(2,3)12-8-7-11(15-12)10-6-5-9-14-10/h5-15,18-24H,3-4,36H2,1-2H3;5-9H,4H2,1-3H3/b30-15-;. The second-order valence-corrected chi connectivity index (χ2v) is 15.6. The molecule has 0 fully saturated rings. The van der Waals surface area contributed by atoms with Gasteiger partial charge in [-0.3, -0.25) is 4.98 Å². The number of fused-ring (bicyclic) bond motifs is 1. The van der Waals surface area contributed by atoms with Crippen molar-refractivity contribution in [2.24, 2.45) is 0 Å². The maximum atomic E-state index is 6.46. The Kier molecular flexibility index (Phi) is 11.9. The number of aryl methyl sites for hydroxylation is 1. The minimum Gasteiger partial charge on any atom is -0.398 e. The van der Waals surface area contributed by atoms with E-state index < -0.39 is 0 Å². The van der Waals surface area contributed by atoms with Crippen LogP contribution in [0.1, 0.15) is 79.8 Å². The molecule has 0 saturated heterocycles. The van der Waals surface area contributed by atoms with Crippen molar-refractivity contribution in [3.05, 3.63) is 172 Å². The predicted octanol–water partition coefficient (Wildman–Crippen LogP) is 13.6. The molecule has 0 aliphatic carbocycles. The van der Waals surface area contributed by atoms with E-state index in [-0.39, 0.29) is 0 Å². The number of unbranched alkanes of at least 4 members (excludes halogenated alkanes) is 1. The minimum atomic E-state index is 0.320. The van der Waals surface area contributed by atoms with Gasteiger partial charge in [0.15, 0.2) is 0 Å². The number of aromatic nitrogens is 1. The molecule has 2 nitrogen and oxygen atoms in total. The van der Waals surface area contributed by atoms with E-state index in [9.17, 15) is 0 Å². The number of nitrogens with zero attached hydrogens (tertiary/aromatic N) is 1. The number of nitrogen functional groups attached to an aromatic ring is 1. The fraction of sp³-hybridized carbons (Fsp3) is 0.188. The summed E-state index contributed by atoms with van der Waals surface area (Å²) in [6.07, 6.45) is 5.55. The Balaban J connectivity index is 0.000000258. The number of rotatable bonds is 8. The SMILES string of the molecule is CCC(C)(C)c1ccc(-c2cccs2)s1.CCC/C=C(/c1ccccc1)c1cc(C#Cc2ccc3nc(C)cc(-c4ccccc4)c3c2)ccc1N. The summed E-state index contributed by atoms with van der Waals surface area (Å²) in [6, 6.07) is 44.2. The first-order chi connectivity index (χ1) is 25.3. The summed E-state index contributed by atoms with van der Waals surface area (Å²) in [6.45, 7) is 11.1. The maximum absolute atomic E-state index is 6.46. The van der Waals surface area contributed by atoms with Gasteiger partial charge < -0.3 is 5.73 Å². The molecule has 3 heterocycles. The summed E-state index contributed by atoms with van der Waals surface area (Å²) in [5, 5.41) is 3.25. The summed E-state index contributed by atoms with van der Waals surface area (Å²) in [5.41, 5.74) is 17.1. The molecule has 7 rings (SSSR count). The normalized spacial score (nSPS) is 11.4. The van der Waals surface area contributed by atoms with E-state index >= 15 is 0 Å². The molecule has 0 saturated carbocycles. The van der Waals surface area contributed by atoms with Crippen LogP contribution in [0.25, 0.3) is 37.4 Å². The first kappa shape index (κ1) is 36.6. The number of pyridine rings is 1. The van der Waals surface area contributed by atoms with Gasteiger partial charge in [-0.1, -0.05) is 119 Å². The Morgan fingerprint density at radius 1 is 0.769 bits per heavy atom. The van der Waals surface area contributed by atoms with Crippen LogP contribution in [-0.4, -0.2) is 4.98 Å². The molecular weight excluding hydrogens is 669 g/mol. The number of allylic oxidation sites excluding steroid dienone is 1. The Labute approximate surface area is 317 Å². The molecule has 0 aliphatic heterocycles. The van der Waals surface area contributed by atoms with Crippen LogP contribution >= 0.6 is 22.7 Å². The number of nitrogens with two attached hydrogens (primary N) is 1. The van der Waals surface area contributed by atoms with Crippen LogP contribution < -0.4 is 5.73 Å². The summed E-state index contributed by atoms with van der Waals surface area (Å²) in [7, 11) is 0. The fourth-order valence-electron chi connectivity index (χ4n) is 6.02. The van der Waals surface area contributed by atoms with E-state index in [0.717, 1.165) is 57.4 Å². The largest absolute Gasteiger partial charge is 0.398 e. The second kappa shape index (κ2) is 16.9. The minimum absolute atomic E-state index is 0.320. The zero-order chi connectivity index (χ0) is 36.5. The molecule has 0 bridgehead atoms. The van der Waals surface area contributed by atoms with Crippen molar-refractivity contribution in [2.45, 2.75) is 59.3 Å². The molecule has 4 heteroatoms. The lowest BCUT2D eigenvalue weighted by Gasteiger charge is -2.20. The molecule has 0 aliphatic rings. The van der Waals surface area contributed by atoms with Gasteiger partial charge in [0.05, 0.1) is 5.52 Å². The third-order valence-electron chi connectivity index (χ3n) is 9.36. The monoisotopic (exact) mass is 714 g/mol. The van der Waals surface area contributed by atoms with Gasteiger partial charge in [-0.25, -0.2) is 0 Å². The molecule has 52 heavy (non-hydrogen) atoms. The molecule has 0 radical (unpaired) electrons. The van der Waals surface area contributed by atoms with E-state index in [1.54, 1.807) is 0 Å². The van der Waals surface area contributed by atoms with E-state index in [0.29, 0.717) is 5.41 Å². The van der Waals surface area contributed by atoms with E-state index in [1.165, 1.54) is 37.7 Å². The first-order valence-electron chi connectivity index (χ1n) is 18.0. The Morgan fingerprint density at radius 2 is 1.48 bits per heavy atom. The van der Waals surface area contributed by atoms with Gasteiger partial charge in [-0.05, 0) is 113 Å². The molecular formula is C48H46N2S2. The highest BCUT2D eigenvalue weighted by Gasteiger charge is 2.20. The fourth-order valence-corrected chi connectivity index (χ4v) is 8.03. The highest BCUT2D eigenvalue weighted by molar-refractivity contribution is 7.21. The summed E-state index contributed by atoms with van der Waals surface area (Å²) in [5.74, 6) is 6.75. The van der Waals surface area contributed by atoms with Crippen molar-refractivity contribution in [1.29, 1.82) is 0 Å². The molecule has 2 N–H and O–H groups in total. The van der Waals surface area contributed by atoms with Crippen molar-refractivity contribution < 1.29 is 0 Å². The quantitative estimate of drug-likeness (QED) is 0.126. The van der Waals surface area contributed by atoms with Crippen LogP contribution in [0.3, 0.4) is 0 Å². The Morgan fingerprint density at radius 3 is 2.17 bits per heavy atom. The molecule has 0 atom stereocenters. The molecule has 0 unspecified atom stereocenters. The molecule has 7 aromatic rings. The highest BCUT2D eigenvalue weighted by Crippen LogP contribution is 2.38. The average Bonchev–Trinajstić information content (AvgIpc) is 3.90. The summed E-state index contributed by atoms with van der Waals surface area (Å²) < 4.78 is 0. The first-order valence-corrected chi connectivity index (χ1v) is 19.7. The number of anilines is 1. The van der Waals surface area contributed by atoms with Gasteiger partial charge in [0.25, 0.3) is 0 Å². The van der Waals surface area contributed by atoms with Gasteiger partial charge in [0.2, 0.25) is 0 Å². The van der Waals surface area contributed by atoms with Crippen LogP contribution in [0.5, 0.6) is 0 Å². The van der Waals surface area contributed by atoms with Crippen molar-refractivity contribution in [3.8, 4) is 32.7 Å². The van der Waals surface area contributed by atoms with Gasteiger partial charge >= 0.3 is 0 Å². The van der Waals surface area contributed by atoms with Crippen LogP contribution in [0.2, 0.25) is 0 Å². The van der Waals surface area contributed by atoms with Crippen LogP contribution in [0, 0.1) is 18.8 Å². The van der Waals surface area contributed by atoms with Crippen LogP contribution in [0.15, 0.2) is 139 Å². The van der Waals surface area contributed by atoms with Crippen molar-refractivity contribution >= 4 is 44.8 Å². The smallest absolute Gasteiger partial charge is 0.0712 e. The van der Waals surface area contributed by atoms with Crippen LogP contribution in [-0.2, 0) is 5.41 Å². The number of benzene rings is 4. The Bertz CT molecular complexity index is 2330. The predicted molar refractivity (Wildman–Crippen MR) is 228 cm³/mol. The van der Waals surface area contributed by atoms with E-state index in [2.05, 4.69) is 148 Å². The number of hydrogen-bond acceptors (Lipinski definition) is 4. The summed E-state index contributed by atoms with van der Waals surface area (Å²) in [4.78, 5) is 9.03. The third kappa shape index (κ3) is 8.80. The lowest BCUT2D eigenvalue weighted by Crippen LogP contribution is -2.12. The zero-order valence-electron chi connectivity index (χ0n) is 30.7. The van der Waals surface area contributed by atoms with Gasteiger partial charge in [0, 0.05) is 48.1 Å². The topological polar surface area (TPSA) is 38.9 Å². The van der Waals surface area contributed by atoms with Crippen molar-refractivity contribution in [2.75, 3.05) is 5.73 Å². The Hall–Kier alpha value is -5.21. The van der Waals surface area contributed by atoms with Crippen LogP contribution in [0.4, 0.5) is 5.69 Å². The molecule has 4 aromatic carbocycles. The van der Waals surface area contributed by atoms with Crippen molar-refractivity contribution in [3.63, 3.8) is 0 Å². The zero-order valence-corrected chi connectivity index (χ0v) is 32.4. The molecule has 260 valence electrons. The molecule has 3 aromatic heterocycles. The summed E-state index contributed by atoms with van der Waals surface area (Å²) >= 11 is 3.75. The van der Waals surface area contributed by atoms with Gasteiger partial charge in [0.1, 0.15) is 0 Å². The third-order valence-corrected chi connectivity index (χ3v) is 11.9. The number of hydrogen-bond donors (Lipinski definition) is 1. The molecule has 0 amide bonds. The second-order valence-electron chi connectivity index (χ2n) is 13.6. The average molecular weight is 715 g/mol.